The van der Waals surface area contributed by atoms with Crippen LogP contribution in [-0.2, 0) is 6.42 Å². The van der Waals surface area contributed by atoms with Crippen LogP contribution >= 0.6 is 27.5 Å². The molecule has 0 saturated heterocycles. The third-order valence-corrected chi connectivity index (χ3v) is 4.17. The van der Waals surface area contributed by atoms with Gasteiger partial charge in [0.2, 0.25) is 0 Å². The molecule has 1 N–H and O–H groups in total. The van der Waals surface area contributed by atoms with Crippen LogP contribution in [0.25, 0.3) is 0 Å². The lowest BCUT2D eigenvalue weighted by atomic mass is 9.98. The molecule has 0 aromatic heterocycles. The third kappa shape index (κ3) is 3.82. The highest BCUT2D eigenvalue weighted by Gasteiger charge is 2.13. The van der Waals surface area contributed by atoms with Crippen LogP contribution in [0.2, 0.25) is 5.02 Å². The Labute approximate surface area is 128 Å². The van der Waals surface area contributed by atoms with E-state index in [9.17, 15) is 0 Å². The molecule has 3 heteroatoms. The molecule has 1 unspecified atom stereocenters. The number of benzene rings is 2. The summed E-state index contributed by atoms with van der Waals surface area (Å²) in [6.45, 7) is 2.11. The summed E-state index contributed by atoms with van der Waals surface area (Å²) in [4.78, 5) is 0. The van der Waals surface area contributed by atoms with Crippen LogP contribution in [0.3, 0.4) is 0 Å². The zero-order valence-corrected chi connectivity index (χ0v) is 13.4. The molecule has 0 saturated carbocycles. The fraction of sp³-hybridized carbons (Fsp3) is 0.250. The SMILES string of the molecule is CNC(Cc1ccc(C)cc1)c1ccc(Cl)cc1Br. The number of halogens is 2. The van der Waals surface area contributed by atoms with Crippen LogP contribution in [0.4, 0.5) is 0 Å². The number of aryl methyl sites for hydroxylation is 1. The molecule has 0 aliphatic heterocycles. The fourth-order valence-electron chi connectivity index (χ4n) is 2.11. The van der Waals surface area contributed by atoms with Gasteiger partial charge in [0.1, 0.15) is 0 Å². The molecule has 0 heterocycles. The van der Waals surface area contributed by atoms with Crippen LogP contribution in [0.15, 0.2) is 46.9 Å². The molecule has 1 nitrogen and oxygen atoms in total. The van der Waals surface area contributed by atoms with Gasteiger partial charge in [0.05, 0.1) is 0 Å². The van der Waals surface area contributed by atoms with Crippen molar-refractivity contribution < 1.29 is 0 Å². The summed E-state index contributed by atoms with van der Waals surface area (Å²) in [5.41, 5.74) is 3.84. The summed E-state index contributed by atoms with van der Waals surface area (Å²) >= 11 is 9.58. The number of hydrogen-bond acceptors (Lipinski definition) is 1. The Morgan fingerprint density at radius 3 is 2.42 bits per heavy atom. The highest BCUT2D eigenvalue weighted by atomic mass is 79.9. The predicted molar refractivity (Wildman–Crippen MR) is 85.8 cm³/mol. The first kappa shape index (κ1) is 14.6. The van der Waals surface area contributed by atoms with E-state index in [1.807, 2.05) is 19.2 Å². The molecule has 2 aromatic carbocycles. The molecule has 1 atom stereocenters. The van der Waals surface area contributed by atoms with Crippen molar-refractivity contribution in [3.05, 3.63) is 68.7 Å². The maximum Gasteiger partial charge on any atom is 0.0417 e. The Morgan fingerprint density at radius 2 is 1.84 bits per heavy atom. The van der Waals surface area contributed by atoms with Crippen LogP contribution in [0, 0.1) is 6.92 Å². The van der Waals surface area contributed by atoms with E-state index in [0.29, 0.717) is 0 Å². The van der Waals surface area contributed by atoms with Gasteiger partial charge in [-0.25, -0.2) is 0 Å². The number of likely N-dealkylation sites (N-methyl/N-ethyl adjacent to an activating group) is 1. The lowest BCUT2D eigenvalue weighted by Gasteiger charge is -2.18. The molecule has 0 bridgehead atoms. The topological polar surface area (TPSA) is 12.0 Å². The maximum absolute atomic E-state index is 5.99. The van der Waals surface area contributed by atoms with Crippen molar-refractivity contribution in [2.24, 2.45) is 0 Å². The van der Waals surface area contributed by atoms with Gasteiger partial charge in [-0.05, 0) is 43.7 Å². The molecule has 2 rings (SSSR count). The van der Waals surface area contributed by atoms with Gasteiger partial charge >= 0.3 is 0 Å². The molecule has 0 radical (unpaired) electrons. The van der Waals surface area contributed by atoms with E-state index < -0.39 is 0 Å². The monoisotopic (exact) mass is 337 g/mol. The molecule has 2 aromatic rings. The Kier molecular flexibility index (Phi) is 5.03. The van der Waals surface area contributed by atoms with E-state index in [-0.39, 0.29) is 6.04 Å². The average molecular weight is 339 g/mol. The van der Waals surface area contributed by atoms with Gasteiger partial charge in [-0.1, -0.05) is 63.4 Å². The summed E-state index contributed by atoms with van der Waals surface area (Å²) in [5, 5.41) is 4.12. The van der Waals surface area contributed by atoms with Gasteiger partial charge in [-0.3, -0.25) is 0 Å². The quantitative estimate of drug-likeness (QED) is 0.835. The molecule has 0 amide bonds. The number of rotatable bonds is 4. The second-order valence-electron chi connectivity index (χ2n) is 4.70. The third-order valence-electron chi connectivity index (χ3n) is 3.25. The van der Waals surface area contributed by atoms with Crippen molar-refractivity contribution in [2.75, 3.05) is 7.05 Å². The van der Waals surface area contributed by atoms with Gasteiger partial charge < -0.3 is 5.32 Å². The van der Waals surface area contributed by atoms with Crippen molar-refractivity contribution in [2.45, 2.75) is 19.4 Å². The van der Waals surface area contributed by atoms with Crippen LogP contribution in [0.1, 0.15) is 22.7 Å². The molecule has 0 fully saturated rings. The lowest BCUT2D eigenvalue weighted by molar-refractivity contribution is 0.590. The summed E-state index contributed by atoms with van der Waals surface area (Å²) in [5.74, 6) is 0. The van der Waals surface area contributed by atoms with Crippen LogP contribution < -0.4 is 5.32 Å². The lowest BCUT2D eigenvalue weighted by Crippen LogP contribution is -2.19. The Hall–Kier alpha value is -0.830. The highest BCUT2D eigenvalue weighted by molar-refractivity contribution is 9.10. The average Bonchev–Trinajstić information content (AvgIpc) is 2.39. The van der Waals surface area contributed by atoms with E-state index in [2.05, 4.69) is 58.5 Å². The Balaban J connectivity index is 2.22. The van der Waals surface area contributed by atoms with Crippen molar-refractivity contribution >= 4 is 27.5 Å². The smallest absolute Gasteiger partial charge is 0.0417 e. The molecular formula is C16H17BrClN. The van der Waals surface area contributed by atoms with Crippen molar-refractivity contribution in [3.8, 4) is 0 Å². The van der Waals surface area contributed by atoms with Gasteiger partial charge in [-0.15, -0.1) is 0 Å². The van der Waals surface area contributed by atoms with E-state index in [0.717, 1.165) is 15.9 Å². The van der Waals surface area contributed by atoms with E-state index >= 15 is 0 Å². The largest absolute Gasteiger partial charge is 0.313 e. The Morgan fingerprint density at radius 1 is 1.16 bits per heavy atom. The van der Waals surface area contributed by atoms with Crippen LogP contribution in [0.5, 0.6) is 0 Å². The van der Waals surface area contributed by atoms with Gasteiger partial charge in [0.15, 0.2) is 0 Å². The highest BCUT2D eigenvalue weighted by Crippen LogP contribution is 2.28. The minimum Gasteiger partial charge on any atom is -0.313 e. The molecule has 100 valence electrons. The second-order valence-corrected chi connectivity index (χ2v) is 5.99. The van der Waals surface area contributed by atoms with E-state index in [1.165, 1.54) is 16.7 Å². The molecular weight excluding hydrogens is 322 g/mol. The first-order valence-corrected chi connectivity index (χ1v) is 7.45. The van der Waals surface area contributed by atoms with Gasteiger partial charge in [0.25, 0.3) is 0 Å². The fourth-order valence-corrected chi connectivity index (χ4v) is 3.07. The summed E-state index contributed by atoms with van der Waals surface area (Å²) < 4.78 is 1.05. The van der Waals surface area contributed by atoms with Crippen molar-refractivity contribution in [1.29, 1.82) is 0 Å². The number of nitrogens with one attached hydrogen (secondary N) is 1. The summed E-state index contributed by atoms with van der Waals surface area (Å²) in [6, 6.07) is 14.9. The minimum absolute atomic E-state index is 0.273. The Bertz CT molecular complexity index is 551. The van der Waals surface area contributed by atoms with Gasteiger partial charge in [0, 0.05) is 15.5 Å². The van der Waals surface area contributed by atoms with Gasteiger partial charge in [-0.2, -0.15) is 0 Å². The summed E-state index contributed by atoms with van der Waals surface area (Å²) in [7, 11) is 1.99. The molecule has 0 aliphatic rings. The number of hydrogen-bond donors (Lipinski definition) is 1. The van der Waals surface area contributed by atoms with Crippen molar-refractivity contribution in [3.63, 3.8) is 0 Å². The van der Waals surface area contributed by atoms with Crippen molar-refractivity contribution in [1.82, 2.24) is 5.32 Å². The van der Waals surface area contributed by atoms with E-state index in [1.54, 1.807) is 0 Å². The minimum atomic E-state index is 0.273. The molecule has 0 spiro atoms. The zero-order chi connectivity index (χ0) is 13.8. The van der Waals surface area contributed by atoms with E-state index in [4.69, 9.17) is 11.6 Å². The molecule has 19 heavy (non-hydrogen) atoms. The first-order chi connectivity index (χ1) is 9.10. The predicted octanol–water partition coefficient (Wildman–Crippen LogP) is 4.91. The normalized spacial score (nSPS) is 12.4. The second kappa shape index (κ2) is 6.56. The zero-order valence-electron chi connectivity index (χ0n) is 11.1. The summed E-state index contributed by atoms with van der Waals surface area (Å²) in [6.07, 6.45) is 0.955. The maximum atomic E-state index is 5.99. The van der Waals surface area contributed by atoms with Crippen LogP contribution in [-0.4, -0.2) is 7.05 Å². The first-order valence-electron chi connectivity index (χ1n) is 6.28. The molecule has 0 aliphatic carbocycles. The standard InChI is InChI=1S/C16H17BrClN/c1-11-3-5-12(6-4-11)9-16(19-2)14-8-7-13(18)10-15(14)17/h3-8,10,16,19H,9H2,1-2H3.